The van der Waals surface area contributed by atoms with Crippen molar-refractivity contribution in [2.24, 2.45) is 0 Å². The first kappa shape index (κ1) is 19.4. The van der Waals surface area contributed by atoms with Gasteiger partial charge >= 0.3 is 6.18 Å². The number of benzene rings is 2. The van der Waals surface area contributed by atoms with E-state index >= 15 is 0 Å². The Hall–Kier alpha value is -3.33. The van der Waals surface area contributed by atoms with Crippen LogP contribution in [0.4, 0.5) is 18.9 Å². The minimum absolute atomic E-state index is 0.0788. The van der Waals surface area contributed by atoms with Crippen molar-refractivity contribution in [3.63, 3.8) is 0 Å². The van der Waals surface area contributed by atoms with E-state index in [1.807, 2.05) is 38.1 Å². The number of nitrogens with zero attached hydrogens (tertiary/aromatic N) is 2. The second-order valence-electron chi connectivity index (χ2n) is 6.59. The molecule has 0 saturated heterocycles. The number of rotatable bonds is 3. The lowest BCUT2D eigenvalue weighted by Crippen LogP contribution is -2.25. The van der Waals surface area contributed by atoms with E-state index in [4.69, 9.17) is 6.57 Å². The van der Waals surface area contributed by atoms with E-state index in [0.717, 1.165) is 22.8 Å². The normalized spacial score (nSPS) is 11.3. The molecule has 0 aliphatic rings. The number of hydrogen-bond acceptors (Lipinski definition) is 1. The number of pyridine rings is 1. The molecule has 0 atom stereocenters. The lowest BCUT2D eigenvalue weighted by Gasteiger charge is -2.19. The summed E-state index contributed by atoms with van der Waals surface area (Å²) >= 11 is 0. The molecule has 0 unspecified atom stereocenters. The Morgan fingerprint density at radius 1 is 1.04 bits per heavy atom. The number of aromatic nitrogens is 1. The van der Waals surface area contributed by atoms with Crippen LogP contribution in [-0.2, 0) is 12.7 Å². The lowest BCUT2D eigenvalue weighted by atomic mass is 10.0. The molecular weight excluding hydrogens is 365 g/mol. The van der Waals surface area contributed by atoms with Gasteiger partial charge in [0.15, 0.2) is 0 Å². The zero-order chi connectivity index (χ0) is 20.5. The van der Waals surface area contributed by atoms with Gasteiger partial charge in [0.2, 0.25) is 0 Å². The summed E-state index contributed by atoms with van der Waals surface area (Å²) < 4.78 is 41.8. The standard InChI is InChI=1S/C22H17F3N2O/c1-14-7-6-10-16(11-14)19-12-18(22(23,24)25)20(26-3)21(28)27(19)13-17-9-5-4-8-15(17)2/h4-12H,13H2,1-2H3. The van der Waals surface area contributed by atoms with Gasteiger partial charge in [-0.15, -0.1) is 0 Å². The lowest BCUT2D eigenvalue weighted by molar-refractivity contribution is -0.136. The highest BCUT2D eigenvalue weighted by Gasteiger charge is 2.36. The van der Waals surface area contributed by atoms with Gasteiger partial charge in [0.25, 0.3) is 11.2 Å². The maximum absolute atomic E-state index is 13.5. The third kappa shape index (κ3) is 3.70. The predicted octanol–water partition coefficient (Wildman–Crippen LogP) is 5.75. The largest absolute Gasteiger partial charge is 0.407 e. The molecule has 28 heavy (non-hydrogen) atoms. The van der Waals surface area contributed by atoms with E-state index in [2.05, 4.69) is 4.85 Å². The van der Waals surface area contributed by atoms with E-state index in [1.54, 1.807) is 24.3 Å². The van der Waals surface area contributed by atoms with Crippen LogP contribution in [0.1, 0.15) is 22.3 Å². The van der Waals surface area contributed by atoms with Crippen molar-refractivity contribution < 1.29 is 13.2 Å². The van der Waals surface area contributed by atoms with Crippen LogP contribution < -0.4 is 5.56 Å². The van der Waals surface area contributed by atoms with Crippen molar-refractivity contribution in [1.29, 1.82) is 0 Å². The Kier molecular flexibility index (Phi) is 5.10. The Morgan fingerprint density at radius 3 is 2.36 bits per heavy atom. The molecule has 1 aromatic heterocycles. The average molecular weight is 382 g/mol. The van der Waals surface area contributed by atoms with Crippen LogP contribution >= 0.6 is 0 Å². The second kappa shape index (κ2) is 7.35. The third-order valence-electron chi connectivity index (χ3n) is 4.60. The maximum Gasteiger partial charge on any atom is 0.407 e. The number of alkyl halides is 3. The smallest absolute Gasteiger partial charge is 0.313 e. The molecule has 0 bridgehead atoms. The summed E-state index contributed by atoms with van der Waals surface area (Å²) in [5, 5.41) is 0. The predicted molar refractivity (Wildman–Crippen MR) is 102 cm³/mol. The highest BCUT2D eigenvalue weighted by Crippen LogP contribution is 2.37. The van der Waals surface area contributed by atoms with Crippen molar-refractivity contribution in [3.8, 4) is 11.3 Å². The zero-order valence-corrected chi connectivity index (χ0v) is 15.3. The van der Waals surface area contributed by atoms with Gasteiger partial charge < -0.3 is 4.57 Å². The van der Waals surface area contributed by atoms with Crippen molar-refractivity contribution in [1.82, 2.24) is 4.57 Å². The van der Waals surface area contributed by atoms with E-state index in [-0.39, 0.29) is 12.2 Å². The Labute approximate surface area is 160 Å². The van der Waals surface area contributed by atoms with Crippen molar-refractivity contribution in [2.45, 2.75) is 26.6 Å². The minimum Gasteiger partial charge on any atom is -0.313 e. The minimum atomic E-state index is -4.79. The Balaban J connectivity index is 2.35. The molecule has 0 N–H and O–H groups in total. The molecule has 2 aromatic carbocycles. The van der Waals surface area contributed by atoms with E-state index < -0.39 is 23.0 Å². The van der Waals surface area contributed by atoms with Gasteiger partial charge in [0.05, 0.1) is 18.7 Å². The molecule has 3 nitrogen and oxygen atoms in total. The summed E-state index contributed by atoms with van der Waals surface area (Å²) in [5.74, 6) is 0. The molecule has 3 rings (SSSR count). The molecule has 3 aromatic rings. The van der Waals surface area contributed by atoms with Crippen LogP contribution in [0.3, 0.4) is 0 Å². The van der Waals surface area contributed by atoms with Crippen LogP contribution in [0.15, 0.2) is 59.4 Å². The molecule has 0 amide bonds. The fourth-order valence-electron chi connectivity index (χ4n) is 3.12. The van der Waals surface area contributed by atoms with Crippen molar-refractivity contribution >= 4 is 5.69 Å². The summed E-state index contributed by atoms with van der Waals surface area (Å²) in [6, 6.07) is 15.2. The monoisotopic (exact) mass is 382 g/mol. The van der Waals surface area contributed by atoms with Crippen LogP contribution in [0.2, 0.25) is 0 Å². The Morgan fingerprint density at radius 2 is 1.75 bits per heavy atom. The summed E-state index contributed by atoms with van der Waals surface area (Å²) in [5.41, 5.74) is 0.148. The molecule has 1 heterocycles. The van der Waals surface area contributed by atoms with Gasteiger partial charge in [-0.05, 0) is 42.7 Å². The van der Waals surface area contributed by atoms with Crippen molar-refractivity contribution in [3.05, 3.63) is 98.6 Å². The van der Waals surface area contributed by atoms with Gasteiger partial charge in [-0.1, -0.05) is 48.0 Å². The summed E-state index contributed by atoms with van der Waals surface area (Å²) in [7, 11) is 0. The number of aryl methyl sites for hydroxylation is 2. The molecule has 0 spiro atoms. The fraction of sp³-hybridized carbons (Fsp3) is 0.182. The number of hydrogen-bond donors (Lipinski definition) is 0. The molecule has 0 fully saturated rings. The summed E-state index contributed by atoms with van der Waals surface area (Å²) in [6.45, 7) is 10.9. The molecule has 142 valence electrons. The first-order valence-electron chi connectivity index (χ1n) is 8.56. The van der Waals surface area contributed by atoms with E-state index in [9.17, 15) is 18.0 Å². The first-order valence-corrected chi connectivity index (χ1v) is 8.56. The molecule has 0 aliphatic heterocycles. The fourth-order valence-corrected chi connectivity index (χ4v) is 3.12. The van der Waals surface area contributed by atoms with Crippen LogP contribution in [0.25, 0.3) is 16.1 Å². The van der Waals surface area contributed by atoms with Gasteiger partial charge in [0, 0.05) is 5.69 Å². The average Bonchev–Trinajstić information content (AvgIpc) is 2.63. The molecular formula is C22H17F3N2O. The van der Waals surface area contributed by atoms with Gasteiger partial charge in [0.1, 0.15) is 0 Å². The quantitative estimate of drug-likeness (QED) is 0.530. The molecule has 0 radical (unpaired) electrons. The van der Waals surface area contributed by atoms with Gasteiger partial charge in [-0.2, -0.15) is 13.2 Å². The number of halogens is 3. The summed E-state index contributed by atoms with van der Waals surface area (Å²) in [6.07, 6.45) is -4.79. The molecule has 6 heteroatoms. The van der Waals surface area contributed by atoms with Gasteiger partial charge in [-0.3, -0.25) is 4.79 Å². The highest BCUT2D eigenvalue weighted by atomic mass is 19.4. The third-order valence-corrected chi connectivity index (χ3v) is 4.60. The van der Waals surface area contributed by atoms with Crippen LogP contribution in [-0.4, -0.2) is 4.57 Å². The molecule has 0 aliphatic carbocycles. The summed E-state index contributed by atoms with van der Waals surface area (Å²) in [4.78, 5) is 15.8. The highest BCUT2D eigenvalue weighted by molar-refractivity contribution is 5.66. The molecule has 0 saturated carbocycles. The zero-order valence-electron chi connectivity index (χ0n) is 15.3. The first-order chi connectivity index (χ1) is 13.2. The maximum atomic E-state index is 13.5. The topological polar surface area (TPSA) is 26.4 Å². The van der Waals surface area contributed by atoms with E-state index in [1.165, 1.54) is 4.57 Å². The SMILES string of the molecule is [C-]#[N+]c1c(C(F)(F)F)cc(-c2cccc(C)c2)n(Cc2ccccc2C)c1=O. The van der Waals surface area contributed by atoms with Gasteiger partial charge in [-0.25, -0.2) is 4.85 Å². The Bertz CT molecular complexity index is 1140. The van der Waals surface area contributed by atoms with E-state index in [0.29, 0.717) is 5.56 Å². The van der Waals surface area contributed by atoms with Crippen LogP contribution in [0, 0.1) is 20.4 Å². The van der Waals surface area contributed by atoms with Crippen LogP contribution in [0.5, 0.6) is 0 Å². The van der Waals surface area contributed by atoms with Crippen molar-refractivity contribution in [2.75, 3.05) is 0 Å². The second-order valence-corrected chi connectivity index (χ2v) is 6.59.